The second-order valence-corrected chi connectivity index (χ2v) is 12.3. The zero-order valence-electron chi connectivity index (χ0n) is 24.5. The van der Waals surface area contributed by atoms with Crippen LogP contribution in [-0.4, -0.2) is 39.1 Å². The van der Waals surface area contributed by atoms with Crippen LogP contribution in [0.25, 0.3) is 0 Å². The Hall–Kier alpha value is -4.68. The van der Waals surface area contributed by atoms with Gasteiger partial charge in [-0.2, -0.15) is 0 Å². The molecule has 3 heterocycles. The lowest BCUT2D eigenvalue weighted by Gasteiger charge is -2.29. The van der Waals surface area contributed by atoms with Crippen molar-refractivity contribution in [3.8, 4) is 5.75 Å². The highest BCUT2D eigenvalue weighted by atomic mass is 79.9. The third-order valence-electron chi connectivity index (χ3n) is 8.16. The number of nitrogens with one attached hydrogen (secondary N) is 3. The van der Waals surface area contributed by atoms with E-state index in [1.165, 1.54) is 6.07 Å². The summed E-state index contributed by atoms with van der Waals surface area (Å²) in [4.78, 5) is 45.5. The lowest BCUT2D eigenvalue weighted by molar-refractivity contribution is -0.124. The summed E-state index contributed by atoms with van der Waals surface area (Å²) in [6.45, 7) is 3.14. The fraction of sp³-hybridized carbons (Fsp3) is 0.273. The first kappa shape index (κ1) is 30.4. The summed E-state index contributed by atoms with van der Waals surface area (Å²) in [5, 5.41) is 30.4. The molecule has 11 nitrogen and oxygen atoms in total. The molecule has 4 bridgehead atoms. The van der Waals surface area contributed by atoms with Gasteiger partial charge in [-0.3, -0.25) is 9.59 Å². The van der Waals surface area contributed by atoms with Crippen LogP contribution >= 0.6 is 15.9 Å². The second kappa shape index (κ2) is 12.0. The Kier molecular flexibility index (Phi) is 8.10. The topological polar surface area (TPSA) is 163 Å². The van der Waals surface area contributed by atoms with E-state index >= 15 is 0 Å². The minimum atomic E-state index is -1.75. The van der Waals surface area contributed by atoms with Crippen molar-refractivity contribution < 1.29 is 33.8 Å². The molecule has 2 aliphatic heterocycles. The zero-order chi connectivity index (χ0) is 31.9. The molecular formula is C33H31BrN4O7. The molecule has 232 valence electrons. The van der Waals surface area contributed by atoms with Crippen molar-refractivity contribution in [2.75, 3.05) is 5.32 Å². The van der Waals surface area contributed by atoms with E-state index in [9.17, 15) is 24.6 Å². The van der Waals surface area contributed by atoms with Crippen molar-refractivity contribution in [3.63, 3.8) is 0 Å². The van der Waals surface area contributed by atoms with Gasteiger partial charge in [0.1, 0.15) is 30.1 Å². The summed E-state index contributed by atoms with van der Waals surface area (Å²) in [6, 6.07) is 17.2. The molecule has 3 atom stereocenters. The number of nitrogens with zero attached hydrogens (tertiary/aromatic N) is 1. The highest BCUT2D eigenvalue weighted by Crippen LogP contribution is 2.53. The van der Waals surface area contributed by atoms with Crippen LogP contribution in [0.4, 0.5) is 10.5 Å². The Morgan fingerprint density at radius 3 is 2.64 bits per heavy atom. The number of aromatic nitrogens is 1. The van der Waals surface area contributed by atoms with Crippen molar-refractivity contribution in [1.29, 1.82) is 0 Å². The fourth-order valence-electron chi connectivity index (χ4n) is 5.94. The normalized spacial score (nSPS) is 20.6. The summed E-state index contributed by atoms with van der Waals surface area (Å²) in [5.41, 5.74) is 0.781. The maximum atomic E-state index is 14.2. The van der Waals surface area contributed by atoms with Crippen LogP contribution in [0.5, 0.6) is 5.75 Å². The Morgan fingerprint density at radius 1 is 1.13 bits per heavy atom. The van der Waals surface area contributed by atoms with Gasteiger partial charge in [0.15, 0.2) is 11.2 Å². The Labute approximate surface area is 267 Å². The van der Waals surface area contributed by atoms with E-state index in [0.717, 1.165) is 5.56 Å². The molecule has 0 saturated carbocycles. The monoisotopic (exact) mass is 674 g/mol. The third kappa shape index (κ3) is 5.33. The number of carbonyl (C=O) groups excluding carboxylic acids is 3. The molecule has 45 heavy (non-hydrogen) atoms. The summed E-state index contributed by atoms with van der Waals surface area (Å²) in [5.74, 6) is -1.40. The number of fused-ring (bicyclic) bond motifs is 8. The van der Waals surface area contributed by atoms with Crippen molar-refractivity contribution in [2.45, 2.75) is 51.0 Å². The van der Waals surface area contributed by atoms with E-state index < -0.39 is 42.0 Å². The maximum absolute atomic E-state index is 14.2. The summed E-state index contributed by atoms with van der Waals surface area (Å²) in [6.07, 6.45) is -0.787. The van der Waals surface area contributed by atoms with Crippen LogP contribution in [0, 0.1) is 5.92 Å². The second-order valence-electron chi connectivity index (χ2n) is 11.4. The first-order chi connectivity index (χ1) is 21.6. The Morgan fingerprint density at radius 2 is 1.91 bits per heavy atom. The maximum Gasteiger partial charge on any atom is 0.408 e. The number of carbonyl (C=O) groups is 3. The van der Waals surface area contributed by atoms with E-state index in [2.05, 4.69) is 36.9 Å². The number of amides is 3. The van der Waals surface area contributed by atoms with Gasteiger partial charge in [0.2, 0.25) is 17.7 Å². The molecule has 1 spiro atoms. The van der Waals surface area contributed by atoms with Gasteiger partial charge in [0.25, 0.3) is 0 Å². The van der Waals surface area contributed by atoms with Crippen LogP contribution in [0.2, 0.25) is 0 Å². The van der Waals surface area contributed by atoms with E-state index in [1.807, 2.05) is 44.2 Å². The van der Waals surface area contributed by atoms with E-state index in [1.54, 1.807) is 30.3 Å². The molecule has 0 aliphatic carbocycles. The van der Waals surface area contributed by atoms with Crippen molar-refractivity contribution in [2.24, 2.45) is 5.92 Å². The van der Waals surface area contributed by atoms with Crippen LogP contribution in [0.3, 0.4) is 0 Å². The molecule has 3 amide bonds. The van der Waals surface area contributed by atoms with Crippen LogP contribution in [0.15, 0.2) is 75.6 Å². The van der Waals surface area contributed by atoms with Crippen LogP contribution < -0.4 is 16.0 Å². The lowest BCUT2D eigenvalue weighted by Crippen LogP contribution is -2.49. The average Bonchev–Trinajstić information content (AvgIpc) is 3.58. The van der Waals surface area contributed by atoms with Gasteiger partial charge in [-0.1, -0.05) is 68.4 Å². The molecule has 0 radical (unpaired) electrons. The van der Waals surface area contributed by atoms with Crippen LogP contribution in [-0.2, 0) is 39.4 Å². The van der Waals surface area contributed by atoms with E-state index in [0.29, 0.717) is 21.3 Å². The number of aromatic hydroxyl groups is 1. The number of para-hydroxylation sites is 1. The first-order valence-electron chi connectivity index (χ1n) is 14.4. The molecule has 0 unspecified atom stereocenters. The first-order valence-corrected chi connectivity index (χ1v) is 15.2. The number of halogens is 1. The van der Waals surface area contributed by atoms with Crippen molar-refractivity contribution >= 4 is 39.5 Å². The fourth-order valence-corrected chi connectivity index (χ4v) is 6.41. The molecule has 3 aromatic carbocycles. The van der Waals surface area contributed by atoms with Gasteiger partial charge in [0, 0.05) is 22.0 Å². The minimum Gasteiger partial charge on any atom is -0.508 e. The summed E-state index contributed by atoms with van der Waals surface area (Å²) < 4.78 is 12.4. The predicted octanol–water partition coefficient (Wildman–Crippen LogP) is 4.59. The van der Waals surface area contributed by atoms with Gasteiger partial charge < -0.3 is 35.3 Å². The minimum absolute atomic E-state index is 0.00659. The molecule has 6 rings (SSSR count). The number of ether oxygens (including phenoxy) is 1. The molecule has 4 aromatic rings. The number of oxazole rings is 1. The predicted molar refractivity (Wildman–Crippen MR) is 166 cm³/mol. The number of aliphatic hydroxyl groups is 1. The molecule has 0 fully saturated rings. The van der Waals surface area contributed by atoms with Gasteiger partial charge in [0.05, 0.1) is 12.3 Å². The summed E-state index contributed by atoms with van der Waals surface area (Å²) in [7, 11) is 0. The highest BCUT2D eigenvalue weighted by molar-refractivity contribution is 9.10. The van der Waals surface area contributed by atoms with Crippen molar-refractivity contribution in [1.82, 2.24) is 15.6 Å². The van der Waals surface area contributed by atoms with Crippen molar-refractivity contribution in [3.05, 3.63) is 111 Å². The number of anilines is 1. The number of aliphatic hydroxyl groups excluding tert-OH is 1. The molecular weight excluding hydrogens is 644 g/mol. The number of benzene rings is 3. The SMILES string of the molecule is CC(C)[C@@H]1NC(=O)[C@@H](NC(=O)OCc2ccccc2)Cc2ccc(O)c(c2)[C@]2(C(=O)Nc3c(Br)cccc32)c2oc1nc2CO. The van der Waals surface area contributed by atoms with Gasteiger partial charge in [-0.05, 0) is 45.1 Å². The quantitative estimate of drug-likeness (QED) is 0.205. The standard InChI is InChI=1S/C33H31BrN4O7/c1-17(2)26-30-35-24(15-39)28(45-30)33(20-9-6-10-22(34)27(20)38-31(33)42)21-13-19(11-12-25(21)40)14-23(29(41)37-26)36-32(43)44-16-18-7-4-3-5-8-18/h3-13,17,23,26,39-40H,14-16H2,1-2H3,(H,36,43)(H,37,41)(H,38,42)/t23-,26-,33-/m0/s1. The summed E-state index contributed by atoms with van der Waals surface area (Å²) >= 11 is 3.51. The smallest absolute Gasteiger partial charge is 0.408 e. The van der Waals surface area contributed by atoms with E-state index in [4.69, 9.17) is 9.15 Å². The molecule has 0 saturated heterocycles. The zero-order valence-corrected chi connectivity index (χ0v) is 26.1. The Bertz CT molecular complexity index is 1790. The third-order valence-corrected chi connectivity index (χ3v) is 8.82. The van der Waals surface area contributed by atoms with Crippen LogP contribution in [0.1, 0.15) is 59.5 Å². The van der Waals surface area contributed by atoms with E-state index in [-0.39, 0.29) is 47.6 Å². The molecule has 1 aromatic heterocycles. The Balaban J connectivity index is 1.50. The number of phenolic OH excluding ortho intramolecular Hbond substituents is 1. The average molecular weight is 676 g/mol. The number of hydrogen-bond acceptors (Lipinski definition) is 8. The number of alkyl carbamates (subject to hydrolysis) is 1. The largest absolute Gasteiger partial charge is 0.508 e. The lowest BCUT2D eigenvalue weighted by atomic mass is 9.71. The number of hydrogen-bond donors (Lipinski definition) is 5. The molecule has 2 aliphatic rings. The van der Waals surface area contributed by atoms with Gasteiger partial charge >= 0.3 is 6.09 Å². The molecule has 5 N–H and O–H groups in total. The van der Waals surface area contributed by atoms with Gasteiger partial charge in [-0.15, -0.1) is 0 Å². The number of phenols is 1. The number of rotatable bonds is 5. The highest BCUT2D eigenvalue weighted by Gasteiger charge is 2.56. The molecule has 12 heteroatoms. The van der Waals surface area contributed by atoms with Gasteiger partial charge in [-0.25, -0.2) is 9.78 Å².